The number of aromatic nitrogens is 1. The summed E-state index contributed by atoms with van der Waals surface area (Å²) in [4.78, 5) is 30.9. The van der Waals surface area contributed by atoms with Gasteiger partial charge in [0.2, 0.25) is 0 Å². The quantitative estimate of drug-likeness (QED) is 0.648. The van der Waals surface area contributed by atoms with Gasteiger partial charge < -0.3 is 0 Å². The number of carbonyl (C=O) groups is 2. The normalized spacial score (nSPS) is 13.7. The van der Waals surface area contributed by atoms with Gasteiger partial charge in [0.05, 0.1) is 6.54 Å². The lowest BCUT2D eigenvalue weighted by molar-refractivity contribution is 0.0598. The maximum atomic E-state index is 12.8. The number of benzene rings is 2. The standard InChI is InChI=1S/C18H11BrN2O2/c19-15-5-4-14-16-12(15)2-1-3-13(16)17(22)21(18(14)23)10-11-6-8-20-9-7-11/h1-9H,10H2. The summed E-state index contributed by atoms with van der Waals surface area (Å²) in [6, 6.07) is 12.7. The zero-order chi connectivity index (χ0) is 16.0. The highest BCUT2D eigenvalue weighted by atomic mass is 79.9. The fourth-order valence-electron chi connectivity index (χ4n) is 2.92. The van der Waals surface area contributed by atoms with E-state index < -0.39 is 0 Å². The molecule has 0 fully saturated rings. The molecule has 112 valence electrons. The molecule has 0 N–H and O–H groups in total. The molecular formula is C18H11BrN2O2. The van der Waals surface area contributed by atoms with Crippen LogP contribution in [-0.2, 0) is 6.54 Å². The van der Waals surface area contributed by atoms with Crippen LogP contribution in [0.1, 0.15) is 26.3 Å². The van der Waals surface area contributed by atoms with E-state index in [1.54, 1.807) is 36.7 Å². The lowest BCUT2D eigenvalue weighted by Crippen LogP contribution is -2.39. The van der Waals surface area contributed by atoms with Crippen LogP contribution in [0.3, 0.4) is 0 Å². The maximum Gasteiger partial charge on any atom is 0.261 e. The molecule has 0 saturated heterocycles. The molecule has 4 nitrogen and oxygen atoms in total. The molecular weight excluding hydrogens is 356 g/mol. The zero-order valence-corrected chi connectivity index (χ0v) is 13.6. The first-order valence-electron chi connectivity index (χ1n) is 7.13. The highest BCUT2D eigenvalue weighted by Gasteiger charge is 2.33. The summed E-state index contributed by atoms with van der Waals surface area (Å²) in [5, 5.41) is 1.60. The lowest BCUT2D eigenvalue weighted by Gasteiger charge is -2.27. The van der Waals surface area contributed by atoms with Crippen molar-refractivity contribution in [1.82, 2.24) is 9.88 Å². The first-order valence-corrected chi connectivity index (χ1v) is 7.92. The molecule has 4 rings (SSSR count). The fraction of sp³-hybridized carbons (Fsp3) is 0.0556. The number of carbonyl (C=O) groups excluding carboxylic acids is 2. The highest BCUT2D eigenvalue weighted by molar-refractivity contribution is 9.10. The Labute approximate surface area is 140 Å². The van der Waals surface area contributed by atoms with Crippen LogP contribution < -0.4 is 0 Å². The van der Waals surface area contributed by atoms with E-state index in [0.29, 0.717) is 11.1 Å². The van der Waals surface area contributed by atoms with Gasteiger partial charge in [0.1, 0.15) is 0 Å². The summed E-state index contributed by atoms with van der Waals surface area (Å²) >= 11 is 3.48. The van der Waals surface area contributed by atoms with Crippen molar-refractivity contribution in [2.45, 2.75) is 6.54 Å². The van der Waals surface area contributed by atoms with E-state index in [9.17, 15) is 9.59 Å². The Morgan fingerprint density at radius 1 is 0.913 bits per heavy atom. The van der Waals surface area contributed by atoms with Crippen molar-refractivity contribution < 1.29 is 9.59 Å². The number of pyridine rings is 1. The topological polar surface area (TPSA) is 50.3 Å². The summed E-state index contributed by atoms with van der Waals surface area (Å²) in [7, 11) is 0. The van der Waals surface area contributed by atoms with E-state index in [2.05, 4.69) is 20.9 Å². The van der Waals surface area contributed by atoms with Crippen molar-refractivity contribution in [2.24, 2.45) is 0 Å². The van der Waals surface area contributed by atoms with E-state index in [1.807, 2.05) is 18.2 Å². The van der Waals surface area contributed by atoms with E-state index in [-0.39, 0.29) is 18.4 Å². The fourth-order valence-corrected chi connectivity index (χ4v) is 3.39. The average Bonchev–Trinajstić information content (AvgIpc) is 2.59. The Hall–Kier alpha value is -2.53. The second-order valence-corrected chi connectivity index (χ2v) is 6.23. The third-order valence-electron chi connectivity index (χ3n) is 4.03. The van der Waals surface area contributed by atoms with E-state index in [0.717, 1.165) is 20.8 Å². The zero-order valence-electron chi connectivity index (χ0n) is 12.0. The Balaban J connectivity index is 1.87. The maximum absolute atomic E-state index is 12.8. The third-order valence-corrected chi connectivity index (χ3v) is 4.72. The molecule has 0 aliphatic carbocycles. The Morgan fingerprint density at radius 3 is 2.35 bits per heavy atom. The first kappa shape index (κ1) is 14.1. The number of nitrogens with zero attached hydrogens (tertiary/aromatic N) is 2. The van der Waals surface area contributed by atoms with Crippen LogP contribution in [0.25, 0.3) is 10.8 Å². The number of hydrogen-bond donors (Lipinski definition) is 0. The number of imide groups is 1. The van der Waals surface area contributed by atoms with Gasteiger partial charge in [0, 0.05) is 33.4 Å². The van der Waals surface area contributed by atoms with Crippen LogP contribution in [0.2, 0.25) is 0 Å². The minimum absolute atomic E-state index is 0.242. The molecule has 1 aliphatic heterocycles. The van der Waals surface area contributed by atoms with E-state index >= 15 is 0 Å². The molecule has 2 aromatic carbocycles. The number of halogens is 1. The van der Waals surface area contributed by atoms with Crippen molar-refractivity contribution in [3.63, 3.8) is 0 Å². The Kier molecular flexibility index (Phi) is 3.23. The molecule has 2 heterocycles. The highest BCUT2D eigenvalue weighted by Crippen LogP contribution is 2.34. The Bertz CT molecular complexity index is 932. The van der Waals surface area contributed by atoms with Gasteiger partial charge in [-0.2, -0.15) is 0 Å². The second-order valence-electron chi connectivity index (χ2n) is 5.37. The van der Waals surface area contributed by atoms with Crippen molar-refractivity contribution in [3.05, 3.63) is 76.0 Å². The van der Waals surface area contributed by atoms with Crippen LogP contribution >= 0.6 is 15.9 Å². The second kappa shape index (κ2) is 5.28. The summed E-state index contributed by atoms with van der Waals surface area (Å²) in [6.07, 6.45) is 3.31. The predicted molar refractivity (Wildman–Crippen MR) is 90.1 cm³/mol. The molecule has 3 aromatic rings. The van der Waals surface area contributed by atoms with Crippen LogP contribution in [0.5, 0.6) is 0 Å². The van der Waals surface area contributed by atoms with Crippen LogP contribution in [0.4, 0.5) is 0 Å². The molecule has 0 bridgehead atoms. The molecule has 1 aromatic heterocycles. The van der Waals surface area contributed by atoms with E-state index in [1.165, 1.54) is 4.90 Å². The van der Waals surface area contributed by atoms with Crippen LogP contribution in [0, 0.1) is 0 Å². The van der Waals surface area contributed by atoms with Gasteiger partial charge in [-0.1, -0.05) is 28.1 Å². The minimum atomic E-state index is -0.261. The van der Waals surface area contributed by atoms with E-state index in [4.69, 9.17) is 0 Å². The monoisotopic (exact) mass is 366 g/mol. The van der Waals surface area contributed by atoms with Crippen LogP contribution in [-0.4, -0.2) is 21.7 Å². The minimum Gasteiger partial charge on any atom is -0.270 e. The molecule has 23 heavy (non-hydrogen) atoms. The van der Waals surface area contributed by atoms with Gasteiger partial charge in [0.25, 0.3) is 11.8 Å². The molecule has 0 saturated carbocycles. The van der Waals surface area contributed by atoms with Crippen molar-refractivity contribution in [3.8, 4) is 0 Å². The third kappa shape index (κ3) is 2.16. The van der Waals surface area contributed by atoms with Gasteiger partial charge in [-0.25, -0.2) is 0 Å². The van der Waals surface area contributed by atoms with Gasteiger partial charge in [-0.15, -0.1) is 0 Å². The average molecular weight is 367 g/mol. The van der Waals surface area contributed by atoms with Gasteiger partial charge in [-0.3, -0.25) is 19.5 Å². The summed E-state index contributed by atoms with van der Waals surface area (Å²) < 4.78 is 0.876. The van der Waals surface area contributed by atoms with Crippen molar-refractivity contribution in [2.75, 3.05) is 0 Å². The largest absolute Gasteiger partial charge is 0.270 e. The molecule has 0 spiro atoms. The smallest absolute Gasteiger partial charge is 0.261 e. The SMILES string of the molecule is O=C1c2cccc3c(Br)ccc(c23)C(=O)N1Cc1ccncc1. The van der Waals surface area contributed by atoms with Gasteiger partial charge in [0.15, 0.2) is 0 Å². The summed E-state index contributed by atoms with van der Waals surface area (Å²) in [5.74, 6) is -0.522. The van der Waals surface area contributed by atoms with Crippen molar-refractivity contribution in [1.29, 1.82) is 0 Å². The van der Waals surface area contributed by atoms with Crippen molar-refractivity contribution >= 4 is 38.5 Å². The van der Waals surface area contributed by atoms with Crippen LogP contribution in [0.15, 0.2) is 59.3 Å². The molecule has 0 atom stereocenters. The number of hydrogen-bond acceptors (Lipinski definition) is 3. The van der Waals surface area contributed by atoms with Gasteiger partial charge in [-0.05, 0) is 41.3 Å². The Morgan fingerprint density at radius 2 is 1.61 bits per heavy atom. The molecule has 5 heteroatoms. The summed E-state index contributed by atoms with van der Waals surface area (Å²) in [5.41, 5.74) is 1.99. The molecule has 1 aliphatic rings. The molecule has 2 amide bonds. The summed E-state index contributed by atoms with van der Waals surface area (Å²) in [6.45, 7) is 0.242. The molecule has 0 unspecified atom stereocenters. The van der Waals surface area contributed by atoms with Gasteiger partial charge >= 0.3 is 0 Å². The lowest BCUT2D eigenvalue weighted by atomic mass is 9.94. The predicted octanol–water partition coefficient (Wildman–Crippen LogP) is 3.79. The molecule has 0 radical (unpaired) electrons. The number of amides is 2. The number of rotatable bonds is 2. The first-order chi connectivity index (χ1) is 11.2.